The average molecular weight is 640 g/mol. The van der Waals surface area contributed by atoms with Crippen LogP contribution in [-0.2, 0) is 26.2 Å². The standard InChI is InChI=1S/C34H45N3O7S/c1-8-25(5)35-34(39)30(9-2)36(22-26-14-12-11-13-24(26)4)33(38)23-37(27-15-17-28(18-16-27)44-10-3)45(40,41)29-19-20-31(42-6)32(21-29)43-7/h11-21,25,30H,8-10,22-23H2,1-7H3,(H,35,39)/t25-,30-/m1/s1. The Bertz CT molecular complexity index is 1540. The second-order valence-corrected chi connectivity index (χ2v) is 12.5. The van der Waals surface area contributed by atoms with Gasteiger partial charge in [0, 0.05) is 18.7 Å². The molecule has 11 heteroatoms. The maximum Gasteiger partial charge on any atom is 0.264 e. The zero-order valence-electron chi connectivity index (χ0n) is 27.2. The molecule has 0 saturated carbocycles. The van der Waals surface area contributed by atoms with Gasteiger partial charge >= 0.3 is 0 Å². The smallest absolute Gasteiger partial charge is 0.264 e. The highest BCUT2D eigenvalue weighted by Gasteiger charge is 2.34. The summed E-state index contributed by atoms with van der Waals surface area (Å²) >= 11 is 0. The molecule has 0 bridgehead atoms. The van der Waals surface area contributed by atoms with Crippen LogP contribution in [0.3, 0.4) is 0 Å². The second-order valence-electron chi connectivity index (χ2n) is 10.6. The van der Waals surface area contributed by atoms with Crippen molar-refractivity contribution in [2.24, 2.45) is 0 Å². The lowest BCUT2D eigenvalue weighted by atomic mass is 10.1. The molecule has 0 radical (unpaired) electrons. The number of nitrogens with zero attached hydrogens (tertiary/aromatic N) is 2. The average Bonchev–Trinajstić information content (AvgIpc) is 3.04. The van der Waals surface area contributed by atoms with Gasteiger partial charge in [0.15, 0.2) is 11.5 Å². The molecular weight excluding hydrogens is 594 g/mol. The third-order valence-electron chi connectivity index (χ3n) is 7.65. The lowest BCUT2D eigenvalue weighted by molar-refractivity contribution is -0.140. The number of ether oxygens (including phenoxy) is 3. The van der Waals surface area contributed by atoms with Crippen LogP contribution >= 0.6 is 0 Å². The van der Waals surface area contributed by atoms with Gasteiger partial charge in [-0.3, -0.25) is 13.9 Å². The quantitative estimate of drug-likeness (QED) is 0.225. The molecule has 0 aliphatic carbocycles. The summed E-state index contributed by atoms with van der Waals surface area (Å²) in [5, 5.41) is 2.99. The van der Waals surface area contributed by atoms with Gasteiger partial charge in [-0.25, -0.2) is 8.42 Å². The van der Waals surface area contributed by atoms with E-state index in [0.717, 1.165) is 21.9 Å². The molecule has 1 N–H and O–H groups in total. The first kappa shape index (κ1) is 35.2. The molecule has 2 atom stereocenters. The molecule has 0 spiro atoms. The van der Waals surface area contributed by atoms with Crippen LogP contribution in [0.25, 0.3) is 0 Å². The molecule has 244 valence electrons. The number of hydrogen-bond acceptors (Lipinski definition) is 7. The molecule has 0 aliphatic heterocycles. The molecule has 0 aromatic heterocycles. The summed E-state index contributed by atoms with van der Waals surface area (Å²) in [7, 11) is -1.44. The van der Waals surface area contributed by atoms with Crippen molar-refractivity contribution >= 4 is 27.5 Å². The predicted molar refractivity (Wildman–Crippen MR) is 175 cm³/mol. The van der Waals surface area contributed by atoms with Crippen LogP contribution in [0.4, 0.5) is 5.69 Å². The minimum atomic E-state index is -4.31. The van der Waals surface area contributed by atoms with E-state index in [2.05, 4.69) is 5.32 Å². The number of anilines is 1. The Balaban J connectivity index is 2.12. The number of nitrogens with one attached hydrogen (secondary N) is 1. The number of carbonyl (C=O) groups excluding carboxylic acids is 2. The van der Waals surface area contributed by atoms with E-state index in [0.29, 0.717) is 24.5 Å². The van der Waals surface area contributed by atoms with Crippen molar-refractivity contribution in [3.63, 3.8) is 0 Å². The van der Waals surface area contributed by atoms with Crippen molar-refractivity contribution in [1.29, 1.82) is 0 Å². The van der Waals surface area contributed by atoms with Gasteiger partial charge in [-0.2, -0.15) is 0 Å². The number of benzene rings is 3. The third kappa shape index (κ3) is 8.69. The second kappa shape index (κ2) is 16.2. The maximum absolute atomic E-state index is 14.3. The topological polar surface area (TPSA) is 114 Å². The van der Waals surface area contributed by atoms with E-state index in [4.69, 9.17) is 14.2 Å². The minimum Gasteiger partial charge on any atom is -0.494 e. The van der Waals surface area contributed by atoms with Crippen molar-refractivity contribution < 1.29 is 32.2 Å². The molecule has 0 unspecified atom stereocenters. The van der Waals surface area contributed by atoms with Gasteiger partial charge < -0.3 is 24.4 Å². The zero-order valence-corrected chi connectivity index (χ0v) is 28.0. The van der Waals surface area contributed by atoms with E-state index in [1.165, 1.54) is 37.3 Å². The number of hydrogen-bond donors (Lipinski definition) is 1. The summed E-state index contributed by atoms with van der Waals surface area (Å²) in [5.74, 6) is 0.338. The van der Waals surface area contributed by atoms with Crippen LogP contribution in [0.15, 0.2) is 71.6 Å². The fourth-order valence-electron chi connectivity index (χ4n) is 4.84. The van der Waals surface area contributed by atoms with Crippen LogP contribution in [0, 0.1) is 6.92 Å². The summed E-state index contributed by atoms with van der Waals surface area (Å²) in [5.41, 5.74) is 2.07. The van der Waals surface area contributed by atoms with E-state index in [-0.39, 0.29) is 34.8 Å². The van der Waals surface area contributed by atoms with Gasteiger partial charge in [0.1, 0.15) is 18.3 Å². The number of methoxy groups -OCH3 is 2. The van der Waals surface area contributed by atoms with Gasteiger partial charge in [-0.05, 0) is 81.1 Å². The molecule has 3 aromatic rings. The van der Waals surface area contributed by atoms with Crippen LogP contribution < -0.4 is 23.8 Å². The van der Waals surface area contributed by atoms with E-state index in [1.807, 2.05) is 58.9 Å². The van der Waals surface area contributed by atoms with Crippen molar-refractivity contribution in [3.8, 4) is 17.2 Å². The Kier molecular flexibility index (Phi) is 12.7. The third-order valence-corrected chi connectivity index (χ3v) is 9.42. The minimum absolute atomic E-state index is 0.0890. The number of rotatable bonds is 16. The Hall–Kier alpha value is -4.25. The summed E-state index contributed by atoms with van der Waals surface area (Å²) < 4.78 is 45.9. The summed E-state index contributed by atoms with van der Waals surface area (Å²) in [6.45, 7) is 9.52. The van der Waals surface area contributed by atoms with E-state index < -0.39 is 28.5 Å². The number of sulfonamides is 1. The lowest BCUT2D eigenvalue weighted by Gasteiger charge is -2.34. The highest BCUT2D eigenvalue weighted by molar-refractivity contribution is 7.92. The first-order valence-electron chi connectivity index (χ1n) is 15.1. The van der Waals surface area contributed by atoms with Crippen molar-refractivity contribution in [1.82, 2.24) is 10.2 Å². The lowest BCUT2D eigenvalue weighted by Crippen LogP contribution is -2.53. The predicted octanol–water partition coefficient (Wildman–Crippen LogP) is 5.33. The Morgan fingerprint density at radius 3 is 2.13 bits per heavy atom. The largest absolute Gasteiger partial charge is 0.494 e. The monoisotopic (exact) mass is 639 g/mol. The van der Waals surface area contributed by atoms with Crippen LogP contribution in [0.5, 0.6) is 17.2 Å². The van der Waals surface area contributed by atoms with E-state index in [1.54, 1.807) is 24.3 Å². The molecule has 10 nitrogen and oxygen atoms in total. The van der Waals surface area contributed by atoms with Gasteiger partial charge in [-0.15, -0.1) is 0 Å². The highest BCUT2D eigenvalue weighted by atomic mass is 32.2. The van der Waals surface area contributed by atoms with E-state index >= 15 is 0 Å². The molecular formula is C34H45N3O7S. The molecule has 3 aromatic carbocycles. The van der Waals surface area contributed by atoms with Gasteiger partial charge in [0.2, 0.25) is 11.8 Å². The first-order valence-corrected chi connectivity index (χ1v) is 16.6. The Labute approximate surface area is 267 Å². The summed E-state index contributed by atoms with van der Waals surface area (Å²) in [4.78, 5) is 29.2. The molecule has 2 amide bonds. The van der Waals surface area contributed by atoms with Crippen molar-refractivity contribution in [2.75, 3.05) is 31.7 Å². The molecule has 45 heavy (non-hydrogen) atoms. The Morgan fingerprint density at radius 2 is 1.56 bits per heavy atom. The summed E-state index contributed by atoms with van der Waals surface area (Å²) in [6, 6.07) is 17.5. The summed E-state index contributed by atoms with van der Waals surface area (Å²) in [6.07, 6.45) is 1.06. The SMILES string of the molecule is CCOc1ccc(N(CC(=O)N(Cc2ccccc2C)[C@H](CC)C(=O)N[C@H](C)CC)S(=O)(=O)c2ccc(OC)c(OC)c2)cc1. The highest BCUT2D eigenvalue weighted by Crippen LogP contribution is 2.33. The number of carbonyl (C=O) groups is 2. The molecule has 0 fully saturated rings. The van der Waals surface area contributed by atoms with Gasteiger partial charge in [0.05, 0.1) is 31.4 Å². The van der Waals surface area contributed by atoms with Crippen LogP contribution in [0.2, 0.25) is 0 Å². The molecule has 0 aliphatic rings. The number of aryl methyl sites for hydroxylation is 1. The van der Waals surface area contributed by atoms with Gasteiger partial charge in [-0.1, -0.05) is 38.1 Å². The van der Waals surface area contributed by atoms with Crippen molar-refractivity contribution in [3.05, 3.63) is 77.9 Å². The van der Waals surface area contributed by atoms with Crippen molar-refractivity contribution in [2.45, 2.75) is 71.0 Å². The zero-order chi connectivity index (χ0) is 33.1. The maximum atomic E-state index is 14.3. The Morgan fingerprint density at radius 1 is 0.889 bits per heavy atom. The molecule has 0 heterocycles. The first-order chi connectivity index (χ1) is 21.5. The molecule has 3 rings (SSSR count). The fourth-order valence-corrected chi connectivity index (χ4v) is 6.27. The fraction of sp³-hybridized carbons (Fsp3) is 0.412. The van der Waals surface area contributed by atoms with Crippen LogP contribution in [-0.4, -0.2) is 64.6 Å². The molecule has 0 saturated heterocycles. The van der Waals surface area contributed by atoms with Gasteiger partial charge in [0.25, 0.3) is 10.0 Å². The normalized spacial score (nSPS) is 12.5. The van der Waals surface area contributed by atoms with Crippen LogP contribution in [0.1, 0.15) is 51.7 Å². The number of amides is 2. The van der Waals surface area contributed by atoms with E-state index in [9.17, 15) is 18.0 Å².